The summed E-state index contributed by atoms with van der Waals surface area (Å²) in [6.07, 6.45) is 3.72. The molecule has 1 aliphatic rings. The molecule has 2 atom stereocenters. The molecule has 84 valence electrons. The minimum atomic E-state index is 0.458. The third kappa shape index (κ3) is 3.03. The van der Waals surface area contributed by atoms with Crippen LogP contribution in [0.1, 0.15) is 30.4 Å². The average molecular weight is 224 g/mol. The van der Waals surface area contributed by atoms with Crippen molar-refractivity contribution in [3.8, 4) is 0 Å². The number of rotatable bonds is 4. The van der Waals surface area contributed by atoms with E-state index >= 15 is 0 Å². The predicted molar refractivity (Wildman–Crippen MR) is 66.1 cm³/mol. The molecular weight excluding hydrogens is 204 g/mol. The van der Waals surface area contributed by atoms with Crippen molar-refractivity contribution in [2.45, 2.75) is 38.8 Å². The molecule has 0 amide bonds. The van der Waals surface area contributed by atoms with E-state index < -0.39 is 0 Å². The second kappa shape index (κ2) is 5.10. The Hall–Kier alpha value is -0.380. The summed E-state index contributed by atoms with van der Waals surface area (Å²) in [4.78, 5) is 0. The molecule has 2 unspecified atom stereocenters. The summed E-state index contributed by atoms with van der Waals surface area (Å²) in [5.74, 6) is 0.805. The van der Waals surface area contributed by atoms with Gasteiger partial charge in [-0.3, -0.25) is 0 Å². The van der Waals surface area contributed by atoms with E-state index in [1.807, 2.05) is 0 Å². The van der Waals surface area contributed by atoms with Crippen LogP contribution in [0.4, 0.5) is 0 Å². The summed E-state index contributed by atoms with van der Waals surface area (Å²) in [5, 5.41) is 7.99. The van der Waals surface area contributed by atoms with Gasteiger partial charge < -0.3 is 11.1 Å². The molecule has 3 heteroatoms. The number of aryl methyl sites for hydroxylation is 1. The van der Waals surface area contributed by atoms with Gasteiger partial charge in [0.2, 0.25) is 0 Å². The van der Waals surface area contributed by atoms with Gasteiger partial charge >= 0.3 is 0 Å². The summed E-state index contributed by atoms with van der Waals surface area (Å²) in [6.45, 7) is 4.32. The van der Waals surface area contributed by atoms with E-state index in [4.69, 9.17) is 5.73 Å². The van der Waals surface area contributed by atoms with Crippen molar-refractivity contribution in [2.24, 2.45) is 11.7 Å². The van der Waals surface area contributed by atoms with E-state index in [9.17, 15) is 0 Å². The summed E-state index contributed by atoms with van der Waals surface area (Å²) in [5.41, 5.74) is 8.75. The van der Waals surface area contributed by atoms with E-state index in [2.05, 4.69) is 23.0 Å². The smallest absolute Gasteiger partial charge is 0.0216 e. The Balaban J connectivity index is 1.69. The first kappa shape index (κ1) is 11.1. The minimum absolute atomic E-state index is 0.458. The van der Waals surface area contributed by atoms with Crippen LogP contribution in [0.2, 0.25) is 0 Å². The number of hydrogen-bond acceptors (Lipinski definition) is 3. The molecule has 0 spiro atoms. The lowest BCUT2D eigenvalue weighted by Crippen LogP contribution is -2.22. The van der Waals surface area contributed by atoms with Crippen LogP contribution in [0.15, 0.2) is 10.8 Å². The Morgan fingerprint density at radius 1 is 1.47 bits per heavy atom. The SMILES string of the molecule is Cc1cscc1CNCC1CCC(N)C1. The topological polar surface area (TPSA) is 38.0 Å². The highest BCUT2D eigenvalue weighted by molar-refractivity contribution is 7.08. The van der Waals surface area contributed by atoms with Crippen molar-refractivity contribution in [1.82, 2.24) is 5.32 Å². The fourth-order valence-corrected chi connectivity index (χ4v) is 3.13. The van der Waals surface area contributed by atoms with Crippen molar-refractivity contribution >= 4 is 11.3 Å². The minimum Gasteiger partial charge on any atom is -0.328 e. The molecule has 1 heterocycles. The van der Waals surface area contributed by atoms with Crippen LogP contribution in [-0.2, 0) is 6.54 Å². The molecule has 0 bridgehead atoms. The zero-order valence-corrected chi connectivity index (χ0v) is 10.1. The quantitative estimate of drug-likeness (QED) is 0.823. The monoisotopic (exact) mass is 224 g/mol. The van der Waals surface area contributed by atoms with Gasteiger partial charge in [-0.15, -0.1) is 0 Å². The van der Waals surface area contributed by atoms with Crippen LogP contribution in [0.5, 0.6) is 0 Å². The Morgan fingerprint density at radius 2 is 2.33 bits per heavy atom. The van der Waals surface area contributed by atoms with Crippen molar-refractivity contribution in [3.05, 3.63) is 21.9 Å². The molecule has 3 N–H and O–H groups in total. The largest absolute Gasteiger partial charge is 0.328 e. The van der Waals surface area contributed by atoms with Gasteiger partial charge in [0.25, 0.3) is 0 Å². The average Bonchev–Trinajstić information content (AvgIpc) is 2.77. The van der Waals surface area contributed by atoms with Crippen LogP contribution in [0.3, 0.4) is 0 Å². The first-order valence-electron chi connectivity index (χ1n) is 5.73. The van der Waals surface area contributed by atoms with Crippen LogP contribution in [0, 0.1) is 12.8 Å². The van der Waals surface area contributed by atoms with E-state index in [1.54, 1.807) is 11.3 Å². The number of nitrogens with one attached hydrogen (secondary N) is 1. The van der Waals surface area contributed by atoms with E-state index in [0.717, 1.165) is 19.0 Å². The highest BCUT2D eigenvalue weighted by Crippen LogP contribution is 2.23. The van der Waals surface area contributed by atoms with Gasteiger partial charge in [0.15, 0.2) is 0 Å². The van der Waals surface area contributed by atoms with Crippen molar-refractivity contribution < 1.29 is 0 Å². The zero-order chi connectivity index (χ0) is 10.7. The molecule has 2 rings (SSSR count). The van der Waals surface area contributed by atoms with E-state index in [-0.39, 0.29) is 0 Å². The van der Waals surface area contributed by atoms with Gasteiger partial charge in [0.05, 0.1) is 0 Å². The van der Waals surface area contributed by atoms with Gasteiger partial charge in [-0.1, -0.05) is 0 Å². The Labute approximate surface area is 95.9 Å². The van der Waals surface area contributed by atoms with Crippen LogP contribution in [0.25, 0.3) is 0 Å². The van der Waals surface area contributed by atoms with Gasteiger partial charge in [-0.2, -0.15) is 11.3 Å². The summed E-state index contributed by atoms with van der Waals surface area (Å²) in [7, 11) is 0. The van der Waals surface area contributed by atoms with Crippen LogP contribution in [-0.4, -0.2) is 12.6 Å². The van der Waals surface area contributed by atoms with Crippen molar-refractivity contribution in [1.29, 1.82) is 0 Å². The van der Waals surface area contributed by atoms with Crippen LogP contribution >= 0.6 is 11.3 Å². The van der Waals surface area contributed by atoms with Crippen LogP contribution < -0.4 is 11.1 Å². The van der Waals surface area contributed by atoms with Gasteiger partial charge in [-0.25, -0.2) is 0 Å². The lowest BCUT2D eigenvalue weighted by molar-refractivity contribution is 0.482. The first-order chi connectivity index (χ1) is 7.25. The lowest BCUT2D eigenvalue weighted by Gasteiger charge is -2.10. The maximum Gasteiger partial charge on any atom is 0.0216 e. The summed E-state index contributed by atoms with van der Waals surface area (Å²) in [6, 6.07) is 0.458. The fourth-order valence-electron chi connectivity index (χ4n) is 2.28. The fraction of sp³-hybridized carbons (Fsp3) is 0.667. The molecule has 15 heavy (non-hydrogen) atoms. The summed E-state index contributed by atoms with van der Waals surface area (Å²) < 4.78 is 0. The molecule has 0 radical (unpaired) electrons. The van der Waals surface area contributed by atoms with Crippen molar-refractivity contribution in [2.75, 3.05) is 6.54 Å². The molecule has 0 saturated heterocycles. The number of thiophene rings is 1. The molecule has 0 aliphatic heterocycles. The molecule has 1 fully saturated rings. The highest BCUT2D eigenvalue weighted by atomic mass is 32.1. The number of hydrogen-bond donors (Lipinski definition) is 2. The standard InChI is InChI=1S/C12H20N2S/c1-9-7-15-8-11(9)6-14-5-10-2-3-12(13)4-10/h7-8,10,12,14H,2-6,13H2,1H3. The second-order valence-corrected chi connectivity index (χ2v) is 5.39. The maximum absolute atomic E-state index is 5.89. The molecule has 0 aromatic carbocycles. The van der Waals surface area contributed by atoms with E-state index in [1.165, 1.54) is 30.4 Å². The van der Waals surface area contributed by atoms with Gasteiger partial charge in [0, 0.05) is 12.6 Å². The molecule has 2 nitrogen and oxygen atoms in total. The van der Waals surface area contributed by atoms with Gasteiger partial charge in [0.1, 0.15) is 0 Å². The Kier molecular flexibility index (Phi) is 3.78. The molecule has 1 saturated carbocycles. The highest BCUT2D eigenvalue weighted by Gasteiger charge is 2.20. The normalized spacial score (nSPS) is 26.0. The third-order valence-corrected chi connectivity index (χ3v) is 4.20. The molecule has 1 aliphatic carbocycles. The van der Waals surface area contributed by atoms with Gasteiger partial charge in [-0.05, 0) is 60.5 Å². The molecule has 1 aromatic heterocycles. The first-order valence-corrected chi connectivity index (χ1v) is 6.68. The number of nitrogens with two attached hydrogens (primary N) is 1. The maximum atomic E-state index is 5.89. The lowest BCUT2D eigenvalue weighted by atomic mass is 10.1. The Morgan fingerprint density at radius 3 is 2.93 bits per heavy atom. The third-order valence-electron chi connectivity index (χ3n) is 3.29. The predicted octanol–water partition coefficient (Wildman–Crippen LogP) is 2.27. The summed E-state index contributed by atoms with van der Waals surface area (Å²) >= 11 is 1.79. The second-order valence-electron chi connectivity index (χ2n) is 4.65. The zero-order valence-electron chi connectivity index (χ0n) is 9.33. The molecule has 1 aromatic rings. The van der Waals surface area contributed by atoms with Crippen molar-refractivity contribution in [3.63, 3.8) is 0 Å². The molecular formula is C12H20N2S. The van der Waals surface area contributed by atoms with E-state index in [0.29, 0.717) is 6.04 Å². The Bertz CT molecular complexity index is 308.